The normalized spacial score (nSPS) is 31.3. The number of morpholine rings is 1. The molecule has 0 bridgehead atoms. The van der Waals surface area contributed by atoms with Gasteiger partial charge in [0.05, 0.1) is 31.1 Å². The summed E-state index contributed by atoms with van der Waals surface area (Å²) in [7, 11) is 0. The van der Waals surface area contributed by atoms with Crippen molar-refractivity contribution >= 4 is 11.6 Å². The predicted molar refractivity (Wildman–Crippen MR) is 138 cm³/mol. The van der Waals surface area contributed by atoms with Gasteiger partial charge in [0.1, 0.15) is 5.67 Å². The van der Waals surface area contributed by atoms with Crippen molar-refractivity contribution in [2.24, 2.45) is 0 Å². The van der Waals surface area contributed by atoms with E-state index in [1.807, 2.05) is 17.9 Å². The van der Waals surface area contributed by atoms with Gasteiger partial charge in [-0.25, -0.2) is 4.39 Å². The van der Waals surface area contributed by atoms with Crippen molar-refractivity contribution in [1.29, 1.82) is 0 Å². The number of rotatable bonds is 6. The molecular formula is C27H44FN5O2. The minimum absolute atomic E-state index is 0.0648. The lowest BCUT2D eigenvalue weighted by molar-refractivity contribution is -0.121. The Kier molecular flexibility index (Phi) is 7.59. The van der Waals surface area contributed by atoms with Crippen molar-refractivity contribution < 1.29 is 13.9 Å². The number of fused-ring (bicyclic) bond motifs is 1. The van der Waals surface area contributed by atoms with E-state index < -0.39 is 5.67 Å². The Labute approximate surface area is 210 Å². The molecule has 1 aromatic rings. The molecule has 1 aromatic heterocycles. The summed E-state index contributed by atoms with van der Waals surface area (Å²) in [5.41, 5.74) is 0.455. The van der Waals surface area contributed by atoms with Crippen molar-refractivity contribution in [3.63, 3.8) is 0 Å². The predicted octanol–water partition coefficient (Wildman–Crippen LogP) is 3.07. The molecule has 3 aliphatic heterocycles. The number of anilines is 1. The summed E-state index contributed by atoms with van der Waals surface area (Å²) in [5, 5.41) is 3.61. The average Bonchev–Trinajstić information content (AvgIpc) is 3.08. The second-order valence-corrected chi connectivity index (χ2v) is 11.8. The summed E-state index contributed by atoms with van der Waals surface area (Å²) < 4.78 is 20.8. The number of carbonyl (C=O) groups excluding carboxylic acids is 1. The molecular weight excluding hydrogens is 445 g/mol. The summed E-state index contributed by atoms with van der Waals surface area (Å²) in [5.74, 6) is 0.0648. The summed E-state index contributed by atoms with van der Waals surface area (Å²) in [6.07, 6.45) is 2.01. The molecule has 1 N–H and O–H groups in total. The number of halogens is 1. The zero-order chi connectivity index (χ0) is 25.5. The minimum Gasteiger partial charge on any atom is -0.378 e. The van der Waals surface area contributed by atoms with E-state index in [1.54, 1.807) is 13.1 Å². The van der Waals surface area contributed by atoms with Crippen LogP contribution in [0.15, 0.2) is 12.3 Å². The molecule has 0 saturated carbocycles. The molecule has 1 amide bonds. The van der Waals surface area contributed by atoms with Gasteiger partial charge in [-0.05, 0) is 40.2 Å². The first kappa shape index (κ1) is 26.5. The maximum atomic E-state index is 15.1. The van der Waals surface area contributed by atoms with Gasteiger partial charge in [-0.2, -0.15) is 0 Å². The van der Waals surface area contributed by atoms with Crippen LogP contribution in [0, 0.1) is 0 Å². The van der Waals surface area contributed by atoms with Crippen LogP contribution in [0.3, 0.4) is 0 Å². The molecule has 4 rings (SSSR count). The molecule has 2 saturated heterocycles. The molecule has 4 heterocycles. The number of pyridine rings is 1. The summed E-state index contributed by atoms with van der Waals surface area (Å²) >= 11 is 0. The third-order valence-corrected chi connectivity index (χ3v) is 8.26. The number of hydrogen-bond acceptors (Lipinski definition) is 6. The van der Waals surface area contributed by atoms with Crippen LogP contribution >= 0.6 is 0 Å². The van der Waals surface area contributed by atoms with Crippen LogP contribution in [0.1, 0.15) is 66.1 Å². The highest BCUT2D eigenvalue weighted by Gasteiger charge is 2.42. The van der Waals surface area contributed by atoms with E-state index in [0.717, 1.165) is 44.2 Å². The molecule has 2 fully saturated rings. The van der Waals surface area contributed by atoms with Crippen molar-refractivity contribution in [1.82, 2.24) is 20.1 Å². The lowest BCUT2D eigenvalue weighted by Crippen LogP contribution is -2.63. The first-order valence-electron chi connectivity index (χ1n) is 13.2. The van der Waals surface area contributed by atoms with E-state index in [1.165, 1.54) is 0 Å². The fraction of sp³-hybridized carbons (Fsp3) is 0.778. The van der Waals surface area contributed by atoms with Crippen molar-refractivity contribution in [3.05, 3.63) is 23.5 Å². The average molecular weight is 490 g/mol. The van der Waals surface area contributed by atoms with Crippen LogP contribution < -0.4 is 10.2 Å². The number of aromatic nitrogens is 1. The zero-order valence-electron chi connectivity index (χ0n) is 22.6. The van der Waals surface area contributed by atoms with Crippen LogP contribution in [-0.4, -0.2) is 90.8 Å². The number of nitrogens with one attached hydrogen (secondary N) is 1. The highest BCUT2D eigenvalue weighted by Crippen LogP contribution is 2.42. The second kappa shape index (κ2) is 10.0. The Morgan fingerprint density at radius 3 is 2.63 bits per heavy atom. The highest BCUT2D eigenvalue weighted by molar-refractivity contribution is 5.97. The van der Waals surface area contributed by atoms with E-state index in [0.29, 0.717) is 43.2 Å². The molecule has 3 aliphatic rings. The van der Waals surface area contributed by atoms with E-state index in [4.69, 9.17) is 4.74 Å². The summed E-state index contributed by atoms with van der Waals surface area (Å²) in [4.78, 5) is 25.1. The van der Waals surface area contributed by atoms with Gasteiger partial charge in [0.2, 0.25) is 5.91 Å². The highest BCUT2D eigenvalue weighted by atomic mass is 19.1. The van der Waals surface area contributed by atoms with Gasteiger partial charge in [-0.1, -0.05) is 20.8 Å². The number of hydrogen-bond donors (Lipinski definition) is 1. The first-order valence-corrected chi connectivity index (χ1v) is 13.2. The molecule has 0 radical (unpaired) electrons. The first-order chi connectivity index (χ1) is 16.4. The molecule has 8 heteroatoms. The second-order valence-electron chi connectivity index (χ2n) is 11.8. The maximum absolute atomic E-state index is 15.1. The molecule has 1 unspecified atom stereocenters. The standard InChI is InChI=1S/C27H44FN5O2/c1-8-27(7,28)21-9-23-25(30-10-21)26(5,6)17-33(23)24(34)14-31-12-18(2)29-11-22(31)13-32-19(3)15-35-16-20(32)4/h9-10,18-20,22,29H,8,11-17H2,1-7H3/t18-,19-,20-,22-,27?/m1/s1. The van der Waals surface area contributed by atoms with Crippen LogP contribution in [0.4, 0.5) is 10.1 Å². The van der Waals surface area contributed by atoms with Gasteiger partial charge in [0.25, 0.3) is 0 Å². The zero-order valence-corrected chi connectivity index (χ0v) is 22.6. The fourth-order valence-electron chi connectivity index (χ4n) is 5.75. The lowest BCUT2D eigenvalue weighted by Gasteiger charge is -2.46. The lowest BCUT2D eigenvalue weighted by atomic mass is 9.90. The Morgan fingerprint density at radius 2 is 1.97 bits per heavy atom. The molecule has 196 valence electrons. The van der Waals surface area contributed by atoms with Crippen molar-refractivity contribution in [2.45, 2.75) is 90.1 Å². The van der Waals surface area contributed by atoms with Crippen LogP contribution in [0.25, 0.3) is 0 Å². The summed E-state index contributed by atoms with van der Waals surface area (Å²) in [6, 6.07) is 3.14. The Balaban J connectivity index is 1.54. The van der Waals surface area contributed by atoms with Crippen LogP contribution in [-0.2, 0) is 20.6 Å². The third kappa shape index (κ3) is 5.41. The van der Waals surface area contributed by atoms with Gasteiger partial charge in [-0.3, -0.25) is 19.6 Å². The van der Waals surface area contributed by atoms with Crippen LogP contribution in [0.2, 0.25) is 0 Å². The molecule has 7 nitrogen and oxygen atoms in total. The molecule has 0 spiro atoms. The smallest absolute Gasteiger partial charge is 0.241 e. The monoisotopic (exact) mass is 489 g/mol. The number of piperazine rings is 1. The third-order valence-electron chi connectivity index (χ3n) is 8.26. The number of nitrogens with zero attached hydrogens (tertiary/aromatic N) is 4. The number of amides is 1. The van der Waals surface area contributed by atoms with Gasteiger partial charge >= 0.3 is 0 Å². The Bertz CT molecular complexity index is 913. The SMILES string of the molecule is CCC(C)(F)c1cnc2c(c1)N(C(=O)CN1C[C@@H](C)NC[C@@H]1CN1[C@H](C)COC[C@H]1C)CC2(C)C. The topological polar surface area (TPSA) is 60.9 Å². The number of carbonyl (C=O) groups is 1. The summed E-state index contributed by atoms with van der Waals surface area (Å²) in [6.45, 7) is 19.2. The van der Waals surface area contributed by atoms with Gasteiger partial charge in [0, 0.05) is 67.5 Å². The van der Waals surface area contributed by atoms with Crippen LogP contribution in [0.5, 0.6) is 0 Å². The van der Waals surface area contributed by atoms with Gasteiger partial charge in [0.15, 0.2) is 0 Å². The number of ether oxygens (including phenoxy) is 1. The molecule has 35 heavy (non-hydrogen) atoms. The molecule has 0 aliphatic carbocycles. The quantitative estimate of drug-likeness (QED) is 0.663. The fourth-order valence-corrected chi connectivity index (χ4v) is 5.75. The van der Waals surface area contributed by atoms with E-state index in [-0.39, 0.29) is 17.4 Å². The Morgan fingerprint density at radius 1 is 1.29 bits per heavy atom. The van der Waals surface area contributed by atoms with Crippen molar-refractivity contribution in [2.75, 3.05) is 50.8 Å². The van der Waals surface area contributed by atoms with E-state index in [9.17, 15) is 4.79 Å². The largest absolute Gasteiger partial charge is 0.378 e. The molecule has 0 aromatic carbocycles. The minimum atomic E-state index is -1.46. The van der Waals surface area contributed by atoms with E-state index in [2.05, 4.69) is 54.7 Å². The maximum Gasteiger partial charge on any atom is 0.241 e. The van der Waals surface area contributed by atoms with Crippen molar-refractivity contribution in [3.8, 4) is 0 Å². The number of alkyl halides is 1. The Hall–Kier alpha value is -1.61. The molecule has 5 atom stereocenters. The van der Waals surface area contributed by atoms with Gasteiger partial charge in [-0.15, -0.1) is 0 Å². The van der Waals surface area contributed by atoms with Gasteiger partial charge < -0.3 is 15.0 Å². The van der Waals surface area contributed by atoms with E-state index >= 15 is 4.39 Å².